The minimum absolute atomic E-state index is 0.168. The summed E-state index contributed by atoms with van der Waals surface area (Å²) in [7, 11) is -3.21. The molecule has 0 bridgehead atoms. The highest BCUT2D eigenvalue weighted by molar-refractivity contribution is 9.09. The molecule has 0 N–H and O–H groups in total. The summed E-state index contributed by atoms with van der Waals surface area (Å²) in [6, 6.07) is 7.30. The summed E-state index contributed by atoms with van der Waals surface area (Å²) in [6.45, 7) is 1.95. The summed E-state index contributed by atoms with van der Waals surface area (Å²) < 4.78 is 29.1. The van der Waals surface area contributed by atoms with E-state index in [0.29, 0.717) is 24.7 Å². The van der Waals surface area contributed by atoms with Crippen LogP contribution in [-0.4, -0.2) is 45.8 Å². The van der Waals surface area contributed by atoms with Gasteiger partial charge in [-0.2, -0.15) is 0 Å². The van der Waals surface area contributed by atoms with Crippen LogP contribution >= 0.6 is 15.9 Å². The maximum atomic E-state index is 11.8. The molecule has 0 radical (unpaired) electrons. The Labute approximate surface area is 116 Å². The zero-order valence-electron chi connectivity index (χ0n) is 10.2. The second-order valence-electron chi connectivity index (χ2n) is 4.32. The molecule has 0 amide bonds. The highest BCUT2D eigenvalue weighted by Crippen LogP contribution is 2.28. The molecule has 2 rings (SSSR count). The number of para-hydroxylation sites is 1. The van der Waals surface area contributed by atoms with E-state index in [2.05, 4.69) is 20.8 Å². The van der Waals surface area contributed by atoms with Crippen LogP contribution in [-0.2, 0) is 14.6 Å². The van der Waals surface area contributed by atoms with Crippen LogP contribution in [0.15, 0.2) is 29.2 Å². The van der Waals surface area contributed by atoms with E-state index in [4.69, 9.17) is 4.74 Å². The molecule has 1 fully saturated rings. The number of nitrogens with zero attached hydrogens (tertiary/aromatic N) is 1. The van der Waals surface area contributed by atoms with Gasteiger partial charge in [-0.25, -0.2) is 8.42 Å². The predicted molar refractivity (Wildman–Crippen MR) is 75.3 cm³/mol. The first-order valence-electron chi connectivity index (χ1n) is 5.73. The van der Waals surface area contributed by atoms with Gasteiger partial charge < -0.3 is 9.64 Å². The minimum atomic E-state index is -3.21. The molecule has 1 aromatic carbocycles. The van der Waals surface area contributed by atoms with Gasteiger partial charge >= 0.3 is 0 Å². The minimum Gasteiger partial charge on any atom is -0.377 e. The fourth-order valence-corrected chi connectivity index (χ4v) is 3.54. The molecule has 1 unspecified atom stereocenters. The molecule has 1 aromatic rings. The van der Waals surface area contributed by atoms with E-state index >= 15 is 0 Å². The van der Waals surface area contributed by atoms with Crippen LogP contribution in [0.5, 0.6) is 0 Å². The maximum Gasteiger partial charge on any atom is 0.177 e. The van der Waals surface area contributed by atoms with Gasteiger partial charge in [-0.1, -0.05) is 28.1 Å². The average Bonchev–Trinajstić information content (AvgIpc) is 2.37. The van der Waals surface area contributed by atoms with Crippen molar-refractivity contribution in [3.63, 3.8) is 0 Å². The predicted octanol–water partition coefficient (Wildman–Crippen LogP) is 1.69. The van der Waals surface area contributed by atoms with Gasteiger partial charge in [-0.05, 0) is 12.1 Å². The lowest BCUT2D eigenvalue weighted by molar-refractivity contribution is 0.100. The second kappa shape index (κ2) is 5.59. The Morgan fingerprint density at radius 1 is 1.44 bits per heavy atom. The Hall–Kier alpha value is -0.590. The van der Waals surface area contributed by atoms with E-state index < -0.39 is 9.84 Å². The summed E-state index contributed by atoms with van der Waals surface area (Å²) >= 11 is 3.45. The highest BCUT2D eigenvalue weighted by Gasteiger charge is 2.26. The van der Waals surface area contributed by atoms with Crippen molar-refractivity contribution in [1.29, 1.82) is 0 Å². The van der Waals surface area contributed by atoms with Crippen LogP contribution < -0.4 is 4.90 Å². The molecular weight excluding hydrogens is 318 g/mol. The Balaban J connectivity index is 2.43. The van der Waals surface area contributed by atoms with Gasteiger partial charge in [-0.3, -0.25) is 0 Å². The molecule has 1 aliphatic heterocycles. The zero-order chi connectivity index (χ0) is 13.2. The molecule has 6 heteroatoms. The molecular formula is C12H16BrNO3S. The Morgan fingerprint density at radius 2 is 2.17 bits per heavy atom. The SMILES string of the molecule is CS(=O)(=O)c1ccccc1N1CCOCC1CBr. The average molecular weight is 334 g/mol. The number of alkyl halides is 1. The number of anilines is 1. The number of morpholine rings is 1. The number of hydrogen-bond donors (Lipinski definition) is 0. The third kappa shape index (κ3) is 2.87. The van der Waals surface area contributed by atoms with Gasteiger partial charge in [-0.15, -0.1) is 0 Å². The molecule has 1 heterocycles. The molecule has 0 aromatic heterocycles. The van der Waals surface area contributed by atoms with E-state index in [9.17, 15) is 8.42 Å². The van der Waals surface area contributed by atoms with Gasteiger partial charge in [0.2, 0.25) is 0 Å². The van der Waals surface area contributed by atoms with Crippen molar-refractivity contribution >= 4 is 31.5 Å². The van der Waals surface area contributed by atoms with Gasteiger partial charge in [0.05, 0.1) is 29.8 Å². The van der Waals surface area contributed by atoms with Crippen LogP contribution in [0.1, 0.15) is 0 Å². The molecule has 1 aliphatic rings. The summed E-state index contributed by atoms with van der Waals surface area (Å²) in [4.78, 5) is 2.49. The van der Waals surface area contributed by atoms with Crippen LogP contribution in [0.25, 0.3) is 0 Å². The van der Waals surface area contributed by atoms with Crippen molar-refractivity contribution in [1.82, 2.24) is 0 Å². The van der Waals surface area contributed by atoms with E-state index in [0.717, 1.165) is 11.0 Å². The molecule has 1 saturated heterocycles. The lowest BCUT2D eigenvalue weighted by Crippen LogP contribution is -2.47. The fraction of sp³-hybridized carbons (Fsp3) is 0.500. The van der Waals surface area contributed by atoms with Crippen LogP contribution in [0.4, 0.5) is 5.69 Å². The lowest BCUT2D eigenvalue weighted by atomic mass is 10.2. The number of rotatable bonds is 3. The van der Waals surface area contributed by atoms with Crippen LogP contribution in [0, 0.1) is 0 Å². The molecule has 0 saturated carbocycles. The third-order valence-electron chi connectivity index (χ3n) is 2.98. The van der Waals surface area contributed by atoms with E-state index in [1.807, 2.05) is 12.1 Å². The molecule has 0 aliphatic carbocycles. The van der Waals surface area contributed by atoms with Crippen LogP contribution in [0.2, 0.25) is 0 Å². The first kappa shape index (κ1) is 13.8. The molecule has 18 heavy (non-hydrogen) atoms. The van der Waals surface area contributed by atoms with Gasteiger partial charge in [0.25, 0.3) is 0 Å². The van der Waals surface area contributed by atoms with Crippen molar-refractivity contribution in [2.75, 3.05) is 36.2 Å². The van der Waals surface area contributed by atoms with Crippen LogP contribution in [0.3, 0.4) is 0 Å². The van der Waals surface area contributed by atoms with Crippen molar-refractivity contribution in [2.24, 2.45) is 0 Å². The van der Waals surface area contributed by atoms with E-state index in [1.54, 1.807) is 12.1 Å². The Morgan fingerprint density at radius 3 is 2.83 bits per heavy atom. The molecule has 100 valence electrons. The highest BCUT2D eigenvalue weighted by atomic mass is 79.9. The first-order valence-corrected chi connectivity index (χ1v) is 8.75. The van der Waals surface area contributed by atoms with Crippen molar-refractivity contribution in [2.45, 2.75) is 10.9 Å². The van der Waals surface area contributed by atoms with Gasteiger partial charge in [0.1, 0.15) is 0 Å². The van der Waals surface area contributed by atoms with E-state index in [1.165, 1.54) is 6.26 Å². The van der Waals surface area contributed by atoms with Gasteiger partial charge in [0, 0.05) is 18.1 Å². The zero-order valence-corrected chi connectivity index (χ0v) is 12.6. The van der Waals surface area contributed by atoms with Gasteiger partial charge in [0.15, 0.2) is 9.84 Å². The Bertz CT molecular complexity index is 518. The smallest absolute Gasteiger partial charge is 0.177 e. The lowest BCUT2D eigenvalue weighted by Gasteiger charge is -2.37. The number of halogens is 1. The molecule has 1 atom stereocenters. The summed E-state index contributed by atoms with van der Waals surface area (Å²) in [5.41, 5.74) is 0.771. The summed E-state index contributed by atoms with van der Waals surface area (Å²) in [5.74, 6) is 0. The summed E-state index contributed by atoms with van der Waals surface area (Å²) in [6.07, 6.45) is 1.25. The standard InChI is InChI=1S/C12H16BrNO3S/c1-18(15,16)12-5-3-2-4-11(12)14-6-7-17-9-10(14)8-13/h2-5,10H,6-9H2,1H3. The number of hydrogen-bond acceptors (Lipinski definition) is 4. The number of ether oxygens (including phenoxy) is 1. The quantitative estimate of drug-likeness (QED) is 0.790. The fourth-order valence-electron chi connectivity index (χ4n) is 2.11. The van der Waals surface area contributed by atoms with E-state index in [-0.39, 0.29) is 6.04 Å². The molecule has 0 spiro atoms. The second-order valence-corrected chi connectivity index (χ2v) is 6.95. The topological polar surface area (TPSA) is 46.6 Å². The summed E-state index contributed by atoms with van der Waals surface area (Å²) in [5, 5.41) is 0.755. The monoisotopic (exact) mass is 333 g/mol. The first-order chi connectivity index (χ1) is 8.54. The number of benzene rings is 1. The van der Waals surface area contributed by atoms with Crippen molar-refractivity contribution in [3.8, 4) is 0 Å². The maximum absolute atomic E-state index is 11.8. The Kier molecular flexibility index (Phi) is 4.29. The number of sulfone groups is 1. The third-order valence-corrected chi connectivity index (χ3v) is 4.87. The normalized spacial score (nSPS) is 21.0. The van der Waals surface area contributed by atoms with Crippen molar-refractivity contribution < 1.29 is 13.2 Å². The van der Waals surface area contributed by atoms with Crippen molar-refractivity contribution in [3.05, 3.63) is 24.3 Å². The largest absolute Gasteiger partial charge is 0.377 e. The molecule has 4 nitrogen and oxygen atoms in total.